The molecule has 5 rings (SSSR count). The molecule has 1 saturated heterocycles. The Morgan fingerprint density at radius 2 is 1.54 bits per heavy atom. The maximum absolute atomic E-state index is 13.8. The van der Waals surface area contributed by atoms with E-state index in [1.54, 1.807) is 7.11 Å². The number of para-hydroxylation sites is 2. The van der Waals surface area contributed by atoms with Crippen LogP contribution in [0, 0.1) is 0 Å². The molecule has 7 heteroatoms. The van der Waals surface area contributed by atoms with E-state index in [0.717, 1.165) is 36.5 Å². The molecule has 0 radical (unpaired) electrons. The van der Waals surface area contributed by atoms with E-state index < -0.39 is 0 Å². The maximum Gasteiger partial charge on any atom is 0.257 e. The van der Waals surface area contributed by atoms with E-state index in [1.165, 1.54) is 0 Å². The van der Waals surface area contributed by atoms with E-state index in [0.29, 0.717) is 43.2 Å². The molecule has 4 aromatic rings. The third kappa shape index (κ3) is 6.01. The van der Waals surface area contributed by atoms with Crippen LogP contribution in [0.1, 0.15) is 15.9 Å². The lowest BCUT2D eigenvalue weighted by molar-refractivity contribution is 0.0621. The van der Waals surface area contributed by atoms with Crippen molar-refractivity contribution >= 4 is 5.91 Å². The molecule has 2 heterocycles. The van der Waals surface area contributed by atoms with Crippen molar-refractivity contribution in [1.82, 2.24) is 19.6 Å². The molecule has 0 aliphatic carbocycles. The molecule has 0 saturated carbocycles. The molecule has 0 atom stereocenters. The van der Waals surface area contributed by atoms with E-state index in [2.05, 4.69) is 17.0 Å². The normalized spacial score (nSPS) is 13.9. The van der Waals surface area contributed by atoms with Gasteiger partial charge >= 0.3 is 0 Å². The largest absolute Gasteiger partial charge is 0.496 e. The third-order valence-corrected chi connectivity index (χ3v) is 6.62. The Balaban J connectivity index is 1.29. The molecular formula is C30H32N4O3. The number of ether oxygens (including phenoxy) is 2. The number of piperazine rings is 1. The van der Waals surface area contributed by atoms with E-state index in [9.17, 15) is 4.79 Å². The molecule has 190 valence electrons. The lowest BCUT2D eigenvalue weighted by Gasteiger charge is -2.34. The quantitative estimate of drug-likeness (QED) is 0.343. The zero-order valence-corrected chi connectivity index (χ0v) is 21.1. The number of nitrogens with zero attached hydrogens (tertiary/aromatic N) is 4. The molecule has 1 fully saturated rings. The Labute approximate surface area is 217 Å². The first-order valence-electron chi connectivity index (χ1n) is 12.7. The monoisotopic (exact) mass is 496 g/mol. The van der Waals surface area contributed by atoms with Crippen molar-refractivity contribution < 1.29 is 14.3 Å². The number of amides is 1. The molecule has 1 aromatic heterocycles. The highest BCUT2D eigenvalue weighted by Gasteiger charge is 2.27. The topological polar surface area (TPSA) is 59.8 Å². The van der Waals surface area contributed by atoms with Gasteiger partial charge in [-0.2, -0.15) is 5.10 Å². The van der Waals surface area contributed by atoms with Crippen LogP contribution in [-0.4, -0.2) is 71.9 Å². The lowest BCUT2D eigenvalue weighted by atomic mass is 10.1. The van der Waals surface area contributed by atoms with Crippen molar-refractivity contribution in [1.29, 1.82) is 0 Å². The van der Waals surface area contributed by atoms with E-state index in [-0.39, 0.29) is 5.91 Å². The first-order chi connectivity index (χ1) is 18.2. The van der Waals surface area contributed by atoms with Crippen LogP contribution in [0.3, 0.4) is 0 Å². The average molecular weight is 497 g/mol. The molecule has 37 heavy (non-hydrogen) atoms. The Kier molecular flexibility index (Phi) is 7.81. The number of benzene rings is 3. The van der Waals surface area contributed by atoms with Crippen molar-refractivity contribution in [2.24, 2.45) is 0 Å². The number of carbonyl (C=O) groups excluding carboxylic acids is 1. The van der Waals surface area contributed by atoms with Gasteiger partial charge in [0.15, 0.2) is 0 Å². The number of hydrogen-bond donors (Lipinski definition) is 0. The van der Waals surface area contributed by atoms with Gasteiger partial charge in [0, 0.05) is 44.5 Å². The molecule has 3 aromatic carbocycles. The first-order valence-corrected chi connectivity index (χ1v) is 12.7. The Bertz CT molecular complexity index is 1300. The van der Waals surface area contributed by atoms with Crippen molar-refractivity contribution in [2.75, 3.05) is 46.4 Å². The molecular weight excluding hydrogens is 464 g/mol. The van der Waals surface area contributed by atoms with E-state index >= 15 is 0 Å². The minimum Gasteiger partial charge on any atom is -0.496 e. The summed E-state index contributed by atoms with van der Waals surface area (Å²) in [4.78, 5) is 18.0. The maximum atomic E-state index is 13.8. The Morgan fingerprint density at radius 3 is 2.27 bits per heavy atom. The van der Waals surface area contributed by atoms with Gasteiger partial charge in [0.05, 0.1) is 19.2 Å². The second kappa shape index (κ2) is 11.8. The Morgan fingerprint density at radius 1 is 0.865 bits per heavy atom. The fourth-order valence-corrected chi connectivity index (χ4v) is 4.62. The van der Waals surface area contributed by atoms with Crippen LogP contribution >= 0.6 is 0 Å². The van der Waals surface area contributed by atoms with Crippen LogP contribution in [0.4, 0.5) is 0 Å². The second-order valence-corrected chi connectivity index (χ2v) is 9.07. The average Bonchev–Trinajstić information content (AvgIpc) is 3.37. The summed E-state index contributed by atoms with van der Waals surface area (Å²) in [7, 11) is 1.64. The van der Waals surface area contributed by atoms with Gasteiger partial charge in [-0.3, -0.25) is 14.4 Å². The number of aromatic nitrogens is 2. The van der Waals surface area contributed by atoms with Crippen LogP contribution in [0.25, 0.3) is 11.3 Å². The molecule has 0 unspecified atom stereocenters. The SMILES string of the molecule is COc1ccccc1-c1nn(Cc2ccccc2)cc1C(=O)N1CCN(CCOc2ccccc2)CC1. The van der Waals surface area contributed by atoms with Gasteiger partial charge in [-0.05, 0) is 29.8 Å². The minimum atomic E-state index is 0.000373. The van der Waals surface area contributed by atoms with Gasteiger partial charge in [0.2, 0.25) is 0 Å². The predicted octanol–water partition coefficient (Wildman–Crippen LogP) is 4.44. The third-order valence-electron chi connectivity index (χ3n) is 6.62. The number of carbonyl (C=O) groups is 1. The summed E-state index contributed by atoms with van der Waals surface area (Å²) in [6.07, 6.45) is 1.87. The summed E-state index contributed by atoms with van der Waals surface area (Å²) >= 11 is 0. The molecule has 0 N–H and O–H groups in total. The van der Waals surface area contributed by atoms with Gasteiger partial charge < -0.3 is 14.4 Å². The summed E-state index contributed by atoms with van der Waals surface area (Å²) in [6.45, 7) is 5.00. The standard InChI is InChI=1S/C30H32N4O3/c1-36-28-15-9-8-14-26(28)29-27(23-34(31-29)22-24-10-4-2-5-11-24)30(35)33-18-16-32(17-19-33)20-21-37-25-12-6-3-7-13-25/h2-15,23H,16-22H2,1H3. The zero-order chi connectivity index (χ0) is 25.5. The lowest BCUT2D eigenvalue weighted by Crippen LogP contribution is -2.49. The predicted molar refractivity (Wildman–Crippen MR) is 144 cm³/mol. The molecule has 1 aliphatic rings. The summed E-state index contributed by atoms with van der Waals surface area (Å²) in [5.74, 6) is 1.58. The molecule has 7 nitrogen and oxygen atoms in total. The van der Waals surface area contributed by atoms with Gasteiger partial charge in [-0.1, -0.05) is 60.7 Å². The minimum absolute atomic E-state index is 0.000373. The second-order valence-electron chi connectivity index (χ2n) is 9.07. The highest BCUT2D eigenvalue weighted by molar-refractivity contribution is 6.00. The highest BCUT2D eigenvalue weighted by Crippen LogP contribution is 2.32. The summed E-state index contributed by atoms with van der Waals surface area (Å²) in [5.41, 5.74) is 3.19. The van der Waals surface area contributed by atoms with Gasteiger partial charge in [-0.15, -0.1) is 0 Å². The van der Waals surface area contributed by atoms with E-state index in [1.807, 2.05) is 88.6 Å². The number of methoxy groups -OCH3 is 1. The summed E-state index contributed by atoms with van der Waals surface area (Å²) in [6, 6.07) is 27.7. The molecule has 1 aliphatic heterocycles. The molecule has 0 spiro atoms. The van der Waals surface area contributed by atoms with Crippen LogP contribution in [-0.2, 0) is 6.54 Å². The van der Waals surface area contributed by atoms with Gasteiger partial charge in [0.25, 0.3) is 5.91 Å². The highest BCUT2D eigenvalue weighted by atomic mass is 16.5. The fraction of sp³-hybridized carbons (Fsp3) is 0.267. The fourth-order valence-electron chi connectivity index (χ4n) is 4.62. The van der Waals surface area contributed by atoms with Crippen LogP contribution < -0.4 is 9.47 Å². The molecule has 1 amide bonds. The summed E-state index contributed by atoms with van der Waals surface area (Å²) in [5, 5.41) is 4.85. The number of rotatable bonds is 9. The van der Waals surface area contributed by atoms with Gasteiger partial charge in [-0.25, -0.2) is 0 Å². The van der Waals surface area contributed by atoms with E-state index in [4.69, 9.17) is 14.6 Å². The van der Waals surface area contributed by atoms with Crippen molar-refractivity contribution in [3.63, 3.8) is 0 Å². The smallest absolute Gasteiger partial charge is 0.257 e. The Hall–Kier alpha value is -4.10. The van der Waals surface area contributed by atoms with Gasteiger partial charge in [0.1, 0.15) is 23.8 Å². The zero-order valence-electron chi connectivity index (χ0n) is 21.1. The first kappa shape index (κ1) is 24.6. The number of hydrogen-bond acceptors (Lipinski definition) is 5. The van der Waals surface area contributed by atoms with Crippen molar-refractivity contribution in [3.05, 3.63) is 102 Å². The van der Waals surface area contributed by atoms with Crippen molar-refractivity contribution in [3.8, 4) is 22.8 Å². The van der Waals surface area contributed by atoms with Crippen molar-refractivity contribution in [2.45, 2.75) is 6.54 Å². The van der Waals surface area contributed by atoms with Crippen LogP contribution in [0.2, 0.25) is 0 Å². The van der Waals surface area contributed by atoms with Crippen LogP contribution in [0.5, 0.6) is 11.5 Å². The molecule has 0 bridgehead atoms. The summed E-state index contributed by atoms with van der Waals surface area (Å²) < 4.78 is 13.3. The van der Waals surface area contributed by atoms with Crippen LogP contribution in [0.15, 0.2) is 91.1 Å².